The number of aromatic nitrogens is 2. The molecule has 0 bridgehead atoms. The Morgan fingerprint density at radius 1 is 1.40 bits per heavy atom. The summed E-state index contributed by atoms with van der Waals surface area (Å²) >= 11 is 3.49. The van der Waals surface area contributed by atoms with Gasteiger partial charge in [0.1, 0.15) is 11.6 Å². The molecule has 108 valence electrons. The van der Waals surface area contributed by atoms with Gasteiger partial charge in [-0.1, -0.05) is 0 Å². The van der Waals surface area contributed by atoms with Gasteiger partial charge in [-0.2, -0.15) is 0 Å². The van der Waals surface area contributed by atoms with Crippen LogP contribution in [0.4, 0.5) is 0 Å². The molecular formula is C15H20BrN3O. The van der Waals surface area contributed by atoms with E-state index in [1.807, 2.05) is 38.2 Å². The molecule has 0 aliphatic rings. The lowest BCUT2D eigenvalue weighted by Crippen LogP contribution is -2.32. The highest BCUT2D eigenvalue weighted by Gasteiger charge is 2.12. The number of imidazole rings is 1. The van der Waals surface area contributed by atoms with Crippen molar-refractivity contribution in [1.82, 2.24) is 9.97 Å². The highest BCUT2D eigenvalue weighted by Crippen LogP contribution is 2.29. The number of ether oxygens (including phenoxy) is 1. The Morgan fingerprint density at radius 3 is 2.75 bits per heavy atom. The predicted octanol–water partition coefficient (Wildman–Crippen LogP) is 3.52. The molecule has 20 heavy (non-hydrogen) atoms. The van der Waals surface area contributed by atoms with Crippen molar-refractivity contribution in [2.24, 2.45) is 5.73 Å². The number of nitrogens with zero attached hydrogens (tertiary/aromatic N) is 1. The number of rotatable bonds is 5. The maximum Gasteiger partial charge on any atom is 0.133 e. The van der Waals surface area contributed by atoms with E-state index in [1.54, 1.807) is 7.11 Å². The smallest absolute Gasteiger partial charge is 0.133 e. The van der Waals surface area contributed by atoms with Crippen LogP contribution in [0.15, 0.2) is 28.9 Å². The lowest BCUT2D eigenvalue weighted by Gasteiger charge is -2.16. The number of hydrogen-bond acceptors (Lipinski definition) is 3. The van der Waals surface area contributed by atoms with Gasteiger partial charge in [0.15, 0.2) is 0 Å². The average molecular weight is 338 g/mol. The number of nitrogens with one attached hydrogen (secondary N) is 1. The Kier molecular flexibility index (Phi) is 4.50. The molecule has 1 aromatic carbocycles. The van der Waals surface area contributed by atoms with Gasteiger partial charge in [-0.3, -0.25) is 0 Å². The number of nitrogens with two attached hydrogens (primary N) is 1. The summed E-state index contributed by atoms with van der Waals surface area (Å²) in [5, 5.41) is 0. The zero-order valence-corrected chi connectivity index (χ0v) is 13.6. The molecule has 0 unspecified atom stereocenters. The van der Waals surface area contributed by atoms with Crippen LogP contribution >= 0.6 is 15.9 Å². The molecule has 0 saturated heterocycles. The van der Waals surface area contributed by atoms with Crippen LogP contribution in [0.2, 0.25) is 0 Å². The molecule has 0 radical (unpaired) electrons. The monoisotopic (exact) mass is 337 g/mol. The van der Waals surface area contributed by atoms with Crippen LogP contribution in [0.5, 0.6) is 5.75 Å². The first kappa shape index (κ1) is 15.1. The zero-order chi connectivity index (χ0) is 14.8. The maximum atomic E-state index is 5.99. The molecule has 1 aromatic heterocycles. The molecule has 0 aliphatic heterocycles. The fourth-order valence-electron chi connectivity index (χ4n) is 1.91. The molecule has 2 rings (SSSR count). The predicted molar refractivity (Wildman–Crippen MR) is 84.9 cm³/mol. The molecule has 2 aromatic rings. The second-order valence-corrected chi connectivity index (χ2v) is 6.44. The number of aromatic amines is 1. The summed E-state index contributed by atoms with van der Waals surface area (Å²) in [6.07, 6.45) is 3.60. The van der Waals surface area contributed by atoms with Gasteiger partial charge in [0.25, 0.3) is 0 Å². The van der Waals surface area contributed by atoms with Gasteiger partial charge in [0.05, 0.1) is 23.5 Å². The summed E-state index contributed by atoms with van der Waals surface area (Å²) in [6.45, 7) is 4.05. The third-order valence-corrected chi connectivity index (χ3v) is 3.72. The van der Waals surface area contributed by atoms with Crippen molar-refractivity contribution < 1.29 is 4.74 Å². The SMILES string of the molecule is COc1ccc(-c2cnc(CCC(C)(C)N)[nH]2)cc1Br. The highest BCUT2D eigenvalue weighted by atomic mass is 79.9. The summed E-state index contributed by atoms with van der Waals surface area (Å²) < 4.78 is 6.16. The molecular weight excluding hydrogens is 318 g/mol. The molecule has 1 heterocycles. The fourth-order valence-corrected chi connectivity index (χ4v) is 2.45. The Bertz CT molecular complexity index is 587. The van der Waals surface area contributed by atoms with Crippen LogP contribution in [0.1, 0.15) is 26.1 Å². The van der Waals surface area contributed by atoms with Gasteiger partial charge in [-0.15, -0.1) is 0 Å². The van der Waals surface area contributed by atoms with E-state index in [9.17, 15) is 0 Å². The summed E-state index contributed by atoms with van der Waals surface area (Å²) in [5.74, 6) is 1.78. The summed E-state index contributed by atoms with van der Waals surface area (Å²) in [4.78, 5) is 7.75. The molecule has 4 nitrogen and oxygen atoms in total. The van der Waals surface area contributed by atoms with Crippen LogP contribution < -0.4 is 10.5 Å². The Balaban J connectivity index is 2.14. The highest BCUT2D eigenvalue weighted by molar-refractivity contribution is 9.10. The summed E-state index contributed by atoms with van der Waals surface area (Å²) in [5.41, 5.74) is 7.89. The minimum absolute atomic E-state index is 0.171. The fraction of sp³-hybridized carbons (Fsp3) is 0.400. The quantitative estimate of drug-likeness (QED) is 0.877. The Hall–Kier alpha value is -1.33. The molecule has 0 spiro atoms. The first-order chi connectivity index (χ1) is 9.39. The summed E-state index contributed by atoms with van der Waals surface area (Å²) in [6, 6.07) is 5.96. The van der Waals surface area contributed by atoms with E-state index in [1.165, 1.54) is 0 Å². The van der Waals surface area contributed by atoms with Crippen molar-refractivity contribution in [3.63, 3.8) is 0 Å². The first-order valence-corrected chi connectivity index (χ1v) is 7.35. The minimum atomic E-state index is -0.171. The van der Waals surface area contributed by atoms with Gasteiger partial charge >= 0.3 is 0 Å². The molecule has 0 saturated carbocycles. The third kappa shape index (κ3) is 3.84. The Labute approximate surface area is 127 Å². The van der Waals surface area contributed by atoms with Crippen molar-refractivity contribution in [2.45, 2.75) is 32.2 Å². The minimum Gasteiger partial charge on any atom is -0.496 e. The van der Waals surface area contributed by atoms with E-state index in [-0.39, 0.29) is 5.54 Å². The number of H-pyrrole nitrogens is 1. The van der Waals surface area contributed by atoms with Crippen molar-refractivity contribution in [3.05, 3.63) is 34.7 Å². The van der Waals surface area contributed by atoms with Gasteiger partial charge in [0.2, 0.25) is 0 Å². The standard InChI is InChI=1S/C15H20BrN3O/c1-15(2,17)7-6-14-18-9-12(19-14)10-4-5-13(20-3)11(16)8-10/h4-5,8-9H,6-7,17H2,1-3H3,(H,18,19). The van der Waals surface area contributed by atoms with Crippen molar-refractivity contribution >= 4 is 15.9 Å². The lowest BCUT2D eigenvalue weighted by molar-refractivity contribution is 0.412. The van der Waals surface area contributed by atoms with Crippen LogP contribution in [-0.2, 0) is 6.42 Å². The molecule has 3 N–H and O–H groups in total. The van der Waals surface area contributed by atoms with Crippen LogP contribution in [-0.4, -0.2) is 22.6 Å². The summed E-state index contributed by atoms with van der Waals surface area (Å²) in [7, 11) is 1.66. The average Bonchev–Trinajstić information content (AvgIpc) is 2.84. The topological polar surface area (TPSA) is 63.9 Å². The molecule has 0 amide bonds. The molecule has 0 aliphatic carbocycles. The van der Waals surface area contributed by atoms with Crippen LogP contribution in [0.25, 0.3) is 11.3 Å². The lowest BCUT2D eigenvalue weighted by atomic mass is 10.0. The number of hydrogen-bond donors (Lipinski definition) is 2. The van der Waals surface area contributed by atoms with E-state index in [0.29, 0.717) is 0 Å². The van der Waals surface area contributed by atoms with E-state index < -0.39 is 0 Å². The maximum absolute atomic E-state index is 5.99. The molecule has 5 heteroatoms. The van der Waals surface area contributed by atoms with E-state index in [0.717, 1.165) is 40.1 Å². The van der Waals surface area contributed by atoms with E-state index in [2.05, 4.69) is 25.9 Å². The second-order valence-electron chi connectivity index (χ2n) is 5.58. The second kappa shape index (κ2) is 5.97. The van der Waals surface area contributed by atoms with Crippen molar-refractivity contribution in [3.8, 4) is 17.0 Å². The number of methoxy groups -OCH3 is 1. The number of halogens is 1. The van der Waals surface area contributed by atoms with Crippen LogP contribution in [0, 0.1) is 0 Å². The first-order valence-electron chi connectivity index (χ1n) is 6.56. The van der Waals surface area contributed by atoms with Gasteiger partial charge in [-0.25, -0.2) is 4.98 Å². The van der Waals surface area contributed by atoms with Crippen molar-refractivity contribution in [1.29, 1.82) is 0 Å². The van der Waals surface area contributed by atoms with Gasteiger partial charge < -0.3 is 15.5 Å². The zero-order valence-electron chi connectivity index (χ0n) is 12.0. The number of aryl methyl sites for hydroxylation is 1. The van der Waals surface area contributed by atoms with E-state index in [4.69, 9.17) is 10.5 Å². The van der Waals surface area contributed by atoms with E-state index >= 15 is 0 Å². The van der Waals surface area contributed by atoms with Crippen molar-refractivity contribution in [2.75, 3.05) is 7.11 Å². The van der Waals surface area contributed by atoms with Crippen LogP contribution in [0.3, 0.4) is 0 Å². The third-order valence-electron chi connectivity index (χ3n) is 3.10. The molecule has 0 fully saturated rings. The number of benzene rings is 1. The van der Waals surface area contributed by atoms with Gasteiger partial charge in [-0.05, 0) is 54.4 Å². The molecule has 0 atom stereocenters. The largest absolute Gasteiger partial charge is 0.496 e. The Morgan fingerprint density at radius 2 is 2.15 bits per heavy atom. The van der Waals surface area contributed by atoms with Gasteiger partial charge in [0, 0.05) is 17.5 Å². The normalized spacial score (nSPS) is 11.7.